The first-order valence-electron chi connectivity index (χ1n) is 11.2. The number of anilines is 3. The third kappa shape index (κ3) is 5.98. The molecule has 9 nitrogen and oxygen atoms in total. The number of nitrogens with one attached hydrogen (secondary N) is 2. The molecular formula is C25H25N5O4. The van der Waals surface area contributed by atoms with Gasteiger partial charge in [0, 0.05) is 17.8 Å². The topological polar surface area (TPSA) is 141 Å². The third-order valence-electron chi connectivity index (χ3n) is 6.06. The summed E-state index contributed by atoms with van der Waals surface area (Å²) in [5.41, 5.74) is 3.41. The van der Waals surface area contributed by atoms with Crippen LogP contribution in [0, 0.1) is 17.2 Å². The van der Waals surface area contributed by atoms with Crippen molar-refractivity contribution in [1.29, 1.82) is 5.26 Å². The number of rotatable bonds is 8. The van der Waals surface area contributed by atoms with E-state index < -0.39 is 11.9 Å². The highest BCUT2D eigenvalue weighted by Gasteiger charge is 2.24. The van der Waals surface area contributed by atoms with Gasteiger partial charge in [-0.25, -0.2) is 0 Å². The summed E-state index contributed by atoms with van der Waals surface area (Å²) in [4.78, 5) is 23.4. The van der Waals surface area contributed by atoms with Crippen molar-refractivity contribution in [3.63, 3.8) is 0 Å². The number of carbonyl (C=O) groups is 2. The first-order valence-corrected chi connectivity index (χ1v) is 11.2. The van der Waals surface area contributed by atoms with Gasteiger partial charge >= 0.3 is 23.8 Å². The van der Waals surface area contributed by atoms with Gasteiger partial charge in [-0.2, -0.15) is 5.26 Å². The summed E-state index contributed by atoms with van der Waals surface area (Å²) in [7, 11) is 0. The fourth-order valence-corrected chi connectivity index (χ4v) is 4.26. The van der Waals surface area contributed by atoms with E-state index in [9.17, 15) is 9.59 Å². The summed E-state index contributed by atoms with van der Waals surface area (Å²) in [5.74, 6) is -0.716. The monoisotopic (exact) mass is 459 g/mol. The van der Waals surface area contributed by atoms with Crippen molar-refractivity contribution in [2.75, 3.05) is 10.6 Å². The number of carboxylic acid groups (broad SMARTS) is 1. The lowest BCUT2D eigenvalue weighted by Crippen LogP contribution is -2.16. The summed E-state index contributed by atoms with van der Waals surface area (Å²) in [5, 5.41) is 31.0. The number of hydrogen-bond donors (Lipinski definition) is 3. The van der Waals surface area contributed by atoms with Crippen molar-refractivity contribution >= 4 is 29.3 Å². The highest BCUT2D eigenvalue weighted by Crippen LogP contribution is 2.37. The zero-order valence-electron chi connectivity index (χ0n) is 18.5. The number of carbonyl (C=O) groups excluding carboxylic acids is 1. The molecule has 174 valence electrons. The SMILES string of the molecule is N#CCc1ccc(Nc2nnc(C(=O)Nc3ccc(C4CCC(CC(=O)O)CC4)cc3)o2)cc1. The Bertz CT molecular complexity index is 1170. The van der Waals surface area contributed by atoms with Crippen molar-refractivity contribution < 1.29 is 19.1 Å². The van der Waals surface area contributed by atoms with Gasteiger partial charge in [0.05, 0.1) is 12.5 Å². The quantitative estimate of drug-likeness (QED) is 0.433. The van der Waals surface area contributed by atoms with Crippen LogP contribution >= 0.6 is 0 Å². The van der Waals surface area contributed by atoms with Gasteiger partial charge in [-0.1, -0.05) is 29.4 Å². The molecule has 1 aliphatic carbocycles. The Morgan fingerprint density at radius 3 is 2.32 bits per heavy atom. The van der Waals surface area contributed by atoms with E-state index in [1.54, 1.807) is 12.1 Å². The lowest BCUT2D eigenvalue weighted by molar-refractivity contribution is -0.138. The average molecular weight is 460 g/mol. The van der Waals surface area contributed by atoms with Crippen LogP contribution in [0.25, 0.3) is 0 Å². The number of aliphatic carboxylic acids is 1. The van der Waals surface area contributed by atoms with Crippen LogP contribution in [0.3, 0.4) is 0 Å². The first kappa shape index (κ1) is 23.0. The Morgan fingerprint density at radius 1 is 1.00 bits per heavy atom. The Morgan fingerprint density at radius 2 is 1.68 bits per heavy atom. The zero-order chi connectivity index (χ0) is 23.9. The maximum absolute atomic E-state index is 12.5. The number of carboxylic acids is 1. The largest absolute Gasteiger partial charge is 0.481 e. The van der Waals surface area contributed by atoms with Crippen molar-refractivity contribution in [3.8, 4) is 6.07 Å². The van der Waals surface area contributed by atoms with Crippen LogP contribution in [0.1, 0.15) is 59.8 Å². The van der Waals surface area contributed by atoms with Gasteiger partial charge in [0.15, 0.2) is 0 Å². The summed E-state index contributed by atoms with van der Waals surface area (Å²) >= 11 is 0. The van der Waals surface area contributed by atoms with Gasteiger partial charge in [-0.15, -0.1) is 5.10 Å². The third-order valence-corrected chi connectivity index (χ3v) is 6.06. The molecule has 0 bridgehead atoms. The molecule has 0 aliphatic heterocycles. The van der Waals surface area contributed by atoms with E-state index >= 15 is 0 Å². The Labute approximate surface area is 196 Å². The molecule has 0 saturated heterocycles. The molecule has 1 aliphatic rings. The van der Waals surface area contributed by atoms with Crippen LogP contribution in [0.5, 0.6) is 0 Å². The predicted molar refractivity (Wildman–Crippen MR) is 125 cm³/mol. The van der Waals surface area contributed by atoms with Crippen LogP contribution in [0.4, 0.5) is 17.4 Å². The fourth-order valence-electron chi connectivity index (χ4n) is 4.26. The minimum atomic E-state index is -0.724. The van der Waals surface area contributed by atoms with Crippen LogP contribution in [-0.4, -0.2) is 27.2 Å². The van der Waals surface area contributed by atoms with E-state index in [0.29, 0.717) is 23.7 Å². The summed E-state index contributed by atoms with van der Waals surface area (Å²) in [6, 6.07) is 17.1. The molecule has 0 atom stereocenters. The highest BCUT2D eigenvalue weighted by molar-refractivity contribution is 6.00. The minimum Gasteiger partial charge on any atom is -0.481 e. The molecule has 1 fully saturated rings. The van der Waals surface area contributed by atoms with E-state index in [0.717, 1.165) is 31.2 Å². The Balaban J connectivity index is 1.30. The van der Waals surface area contributed by atoms with Crippen LogP contribution in [-0.2, 0) is 11.2 Å². The highest BCUT2D eigenvalue weighted by atomic mass is 16.4. The molecule has 0 spiro atoms. The number of amides is 1. The number of hydrogen-bond acceptors (Lipinski definition) is 7. The number of nitrogens with zero attached hydrogens (tertiary/aromatic N) is 3. The van der Waals surface area contributed by atoms with Crippen molar-refractivity contribution in [1.82, 2.24) is 10.2 Å². The van der Waals surface area contributed by atoms with Gasteiger partial charge in [0.2, 0.25) is 0 Å². The molecule has 1 heterocycles. The van der Waals surface area contributed by atoms with Crippen molar-refractivity contribution in [3.05, 3.63) is 65.5 Å². The van der Waals surface area contributed by atoms with E-state index in [1.165, 1.54) is 5.56 Å². The second-order valence-electron chi connectivity index (χ2n) is 8.46. The van der Waals surface area contributed by atoms with E-state index in [-0.39, 0.29) is 24.2 Å². The average Bonchev–Trinajstić information content (AvgIpc) is 3.30. The number of benzene rings is 2. The maximum atomic E-state index is 12.5. The number of nitriles is 1. The second kappa shape index (κ2) is 10.6. The Kier molecular flexibility index (Phi) is 7.18. The van der Waals surface area contributed by atoms with Crippen LogP contribution < -0.4 is 10.6 Å². The van der Waals surface area contributed by atoms with Crippen molar-refractivity contribution in [2.45, 2.75) is 44.4 Å². The van der Waals surface area contributed by atoms with Crippen LogP contribution in [0.15, 0.2) is 52.9 Å². The molecule has 2 aromatic carbocycles. The van der Waals surface area contributed by atoms with E-state index in [2.05, 4.69) is 26.9 Å². The first-order chi connectivity index (χ1) is 16.5. The molecule has 1 aromatic heterocycles. The van der Waals surface area contributed by atoms with Gasteiger partial charge in [-0.3, -0.25) is 9.59 Å². The van der Waals surface area contributed by atoms with E-state index in [4.69, 9.17) is 14.8 Å². The minimum absolute atomic E-state index is 0.0898. The smallest absolute Gasteiger partial charge is 0.320 e. The molecule has 9 heteroatoms. The summed E-state index contributed by atoms with van der Waals surface area (Å²) in [6.45, 7) is 0. The molecule has 34 heavy (non-hydrogen) atoms. The van der Waals surface area contributed by atoms with Crippen molar-refractivity contribution in [2.24, 2.45) is 5.92 Å². The molecule has 1 amide bonds. The maximum Gasteiger partial charge on any atom is 0.320 e. The Hall–Kier alpha value is -4.19. The molecular weight excluding hydrogens is 434 g/mol. The normalized spacial score (nSPS) is 17.5. The standard InChI is InChI=1S/C25H25N5O4/c26-14-13-16-3-9-21(10-4-16)28-25-30-29-24(34-25)23(33)27-20-11-7-19(8-12-20)18-5-1-17(2-6-18)15-22(31)32/h3-4,7-12,17-18H,1-2,5-6,13,15H2,(H,27,33)(H,28,30)(H,31,32). The zero-order valence-corrected chi connectivity index (χ0v) is 18.5. The van der Waals surface area contributed by atoms with Gasteiger partial charge in [0.1, 0.15) is 0 Å². The van der Waals surface area contributed by atoms with Gasteiger partial charge < -0.3 is 20.2 Å². The predicted octanol–water partition coefficient (Wildman–Crippen LogP) is 4.88. The van der Waals surface area contributed by atoms with Gasteiger partial charge in [-0.05, 0) is 72.9 Å². The second-order valence-corrected chi connectivity index (χ2v) is 8.46. The fraction of sp³-hybridized carbons (Fsp3) is 0.320. The lowest BCUT2D eigenvalue weighted by Gasteiger charge is -2.28. The number of aromatic nitrogens is 2. The van der Waals surface area contributed by atoms with Gasteiger partial charge in [0.25, 0.3) is 0 Å². The summed E-state index contributed by atoms with van der Waals surface area (Å²) < 4.78 is 5.42. The van der Waals surface area contributed by atoms with E-state index in [1.807, 2.05) is 36.4 Å². The molecule has 0 unspecified atom stereocenters. The molecule has 4 rings (SSSR count). The molecule has 1 saturated carbocycles. The molecule has 0 radical (unpaired) electrons. The van der Waals surface area contributed by atoms with Crippen LogP contribution in [0.2, 0.25) is 0 Å². The molecule has 3 N–H and O–H groups in total. The lowest BCUT2D eigenvalue weighted by atomic mass is 9.77. The molecule has 3 aromatic rings. The summed E-state index contributed by atoms with van der Waals surface area (Å²) in [6.07, 6.45) is 4.38.